The lowest BCUT2D eigenvalue weighted by molar-refractivity contribution is 0.633. The number of para-hydroxylation sites is 1. The van der Waals surface area contributed by atoms with Crippen LogP contribution in [-0.4, -0.2) is 0 Å². The Morgan fingerprint density at radius 1 is 0.895 bits per heavy atom. The number of hydrogen-bond donors (Lipinski definition) is 1. The van der Waals surface area contributed by atoms with Gasteiger partial charge in [0.15, 0.2) is 0 Å². The molecule has 3 aromatic rings. The smallest absolute Gasteiger partial charge is 0.146 e. The van der Waals surface area contributed by atoms with Crippen LogP contribution in [0.15, 0.2) is 54.6 Å². The van der Waals surface area contributed by atoms with Crippen molar-refractivity contribution in [1.29, 1.82) is 0 Å². The molecule has 3 aromatic carbocycles. The number of benzene rings is 3. The quantitative estimate of drug-likeness (QED) is 0.631. The topological polar surface area (TPSA) is 26.0 Å². The van der Waals surface area contributed by atoms with Crippen LogP contribution < -0.4 is 5.73 Å². The molecule has 0 heterocycles. The number of nitrogens with two attached hydrogens (primary N) is 1. The zero-order valence-electron chi connectivity index (χ0n) is 10.7. The van der Waals surface area contributed by atoms with E-state index in [2.05, 4.69) is 6.07 Å². The SMILES string of the molecule is Cc1ccc2ccccc2c1-c1cccc(F)c1N. The zero-order chi connectivity index (χ0) is 13.4. The summed E-state index contributed by atoms with van der Waals surface area (Å²) >= 11 is 0. The van der Waals surface area contributed by atoms with Gasteiger partial charge in [-0.2, -0.15) is 0 Å². The van der Waals surface area contributed by atoms with Gasteiger partial charge in [0, 0.05) is 5.56 Å². The van der Waals surface area contributed by atoms with Gasteiger partial charge >= 0.3 is 0 Å². The molecule has 0 bridgehead atoms. The second-order valence-electron chi connectivity index (χ2n) is 4.68. The second kappa shape index (κ2) is 4.39. The van der Waals surface area contributed by atoms with E-state index >= 15 is 0 Å². The fourth-order valence-corrected chi connectivity index (χ4v) is 2.49. The van der Waals surface area contributed by atoms with Gasteiger partial charge < -0.3 is 5.73 Å². The first kappa shape index (κ1) is 11.7. The van der Waals surface area contributed by atoms with Gasteiger partial charge in [0.2, 0.25) is 0 Å². The number of aryl methyl sites for hydroxylation is 1. The Hall–Kier alpha value is -2.35. The summed E-state index contributed by atoms with van der Waals surface area (Å²) in [6, 6.07) is 17.1. The Balaban J connectivity index is 2.42. The predicted octanol–water partition coefficient (Wildman–Crippen LogP) is 4.54. The van der Waals surface area contributed by atoms with Gasteiger partial charge in [0.25, 0.3) is 0 Å². The van der Waals surface area contributed by atoms with Crippen LogP contribution in [0.2, 0.25) is 0 Å². The summed E-state index contributed by atoms with van der Waals surface area (Å²) in [5.74, 6) is -0.371. The van der Waals surface area contributed by atoms with Crippen LogP contribution in [0.4, 0.5) is 10.1 Å². The Kier molecular flexibility index (Phi) is 2.71. The summed E-state index contributed by atoms with van der Waals surface area (Å²) in [7, 11) is 0. The highest BCUT2D eigenvalue weighted by Crippen LogP contribution is 2.35. The number of rotatable bonds is 1. The van der Waals surface area contributed by atoms with Crippen molar-refractivity contribution in [3.8, 4) is 11.1 Å². The van der Waals surface area contributed by atoms with Crippen LogP contribution in [0, 0.1) is 12.7 Å². The molecule has 0 aliphatic carbocycles. The zero-order valence-corrected chi connectivity index (χ0v) is 10.7. The Bertz CT molecular complexity index is 762. The molecular weight excluding hydrogens is 237 g/mol. The minimum Gasteiger partial charge on any atom is -0.396 e. The molecule has 1 nitrogen and oxygen atoms in total. The highest BCUT2D eigenvalue weighted by molar-refractivity contribution is 6.00. The molecule has 0 saturated carbocycles. The van der Waals surface area contributed by atoms with E-state index in [0.717, 1.165) is 27.5 Å². The number of nitrogen functional groups attached to an aromatic ring is 1. The Morgan fingerprint density at radius 2 is 1.68 bits per heavy atom. The molecule has 0 atom stereocenters. The van der Waals surface area contributed by atoms with E-state index < -0.39 is 0 Å². The summed E-state index contributed by atoms with van der Waals surface area (Å²) in [5, 5.41) is 2.23. The van der Waals surface area contributed by atoms with Crippen molar-refractivity contribution in [2.75, 3.05) is 5.73 Å². The maximum Gasteiger partial charge on any atom is 0.146 e. The maximum absolute atomic E-state index is 13.7. The molecule has 0 saturated heterocycles. The van der Waals surface area contributed by atoms with Gasteiger partial charge in [0.05, 0.1) is 5.69 Å². The third kappa shape index (κ3) is 1.85. The monoisotopic (exact) mass is 251 g/mol. The van der Waals surface area contributed by atoms with E-state index in [1.165, 1.54) is 6.07 Å². The third-order valence-electron chi connectivity index (χ3n) is 3.46. The Morgan fingerprint density at radius 3 is 2.53 bits per heavy atom. The molecule has 0 fully saturated rings. The van der Waals surface area contributed by atoms with Gasteiger partial charge in [-0.15, -0.1) is 0 Å². The molecular formula is C17H14FN. The molecule has 94 valence electrons. The lowest BCUT2D eigenvalue weighted by atomic mass is 9.93. The molecule has 19 heavy (non-hydrogen) atoms. The molecule has 0 aliphatic heterocycles. The molecule has 0 spiro atoms. The maximum atomic E-state index is 13.7. The summed E-state index contributed by atoms with van der Waals surface area (Å²) in [6.07, 6.45) is 0. The van der Waals surface area contributed by atoms with Crippen LogP contribution >= 0.6 is 0 Å². The highest BCUT2D eigenvalue weighted by atomic mass is 19.1. The van der Waals surface area contributed by atoms with Gasteiger partial charge in [-0.3, -0.25) is 0 Å². The molecule has 0 aromatic heterocycles. The second-order valence-corrected chi connectivity index (χ2v) is 4.68. The molecule has 3 rings (SSSR count). The van der Waals surface area contributed by atoms with E-state index in [-0.39, 0.29) is 11.5 Å². The molecule has 0 radical (unpaired) electrons. The number of fused-ring (bicyclic) bond motifs is 1. The highest BCUT2D eigenvalue weighted by Gasteiger charge is 2.12. The minimum atomic E-state index is -0.371. The summed E-state index contributed by atoms with van der Waals surface area (Å²) in [4.78, 5) is 0. The van der Waals surface area contributed by atoms with Crippen molar-refractivity contribution in [3.63, 3.8) is 0 Å². The van der Waals surface area contributed by atoms with Crippen molar-refractivity contribution in [1.82, 2.24) is 0 Å². The minimum absolute atomic E-state index is 0.210. The normalized spacial score (nSPS) is 10.8. The standard InChI is InChI=1S/C17H14FN/c1-11-9-10-12-5-2-3-6-13(12)16(11)14-7-4-8-15(18)17(14)19/h2-10H,19H2,1H3. The fourth-order valence-electron chi connectivity index (χ4n) is 2.49. The van der Waals surface area contributed by atoms with Crippen LogP contribution in [0.25, 0.3) is 21.9 Å². The van der Waals surface area contributed by atoms with Crippen molar-refractivity contribution in [2.45, 2.75) is 6.92 Å². The average Bonchev–Trinajstić information content (AvgIpc) is 2.43. The first-order valence-electron chi connectivity index (χ1n) is 6.21. The molecule has 0 aliphatic rings. The first-order chi connectivity index (χ1) is 9.18. The van der Waals surface area contributed by atoms with Gasteiger partial charge in [-0.05, 0) is 34.9 Å². The lowest BCUT2D eigenvalue weighted by Gasteiger charge is -2.13. The molecule has 0 amide bonds. The number of hydrogen-bond acceptors (Lipinski definition) is 1. The predicted molar refractivity (Wildman–Crippen MR) is 78.5 cm³/mol. The van der Waals surface area contributed by atoms with Crippen LogP contribution in [0.1, 0.15) is 5.56 Å². The van der Waals surface area contributed by atoms with E-state index in [1.54, 1.807) is 6.07 Å². The van der Waals surface area contributed by atoms with E-state index in [9.17, 15) is 4.39 Å². The third-order valence-corrected chi connectivity index (χ3v) is 3.46. The molecule has 2 N–H and O–H groups in total. The van der Waals surface area contributed by atoms with Crippen molar-refractivity contribution >= 4 is 16.5 Å². The van der Waals surface area contributed by atoms with Crippen LogP contribution in [0.5, 0.6) is 0 Å². The van der Waals surface area contributed by atoms with Crippen LogP contribution in [0.3, 0.4) is 0 Å². The van der Waals surface area contributed by atoms with Gasteiger partial charge in [-0.25, -0.2) is 4.39 Å². The first-order valence-corrected chi connectivity index (χ1v) is 6.21. The van der Waals surface area contributed by atoms with Crippen molar-refractivity contribution in [3.05, 3.63) is 66.0 Å². The van der Waals surface area contributed by atoms with Crippen molar-refractivity contribution in [2.24, 2.45) is 0 Å². The van der Waals surface area contributed by atoms with E-state index in [0.29, 0.717) is 0 Å². The number of halogens is 1. The van der Waals surface area contributed by atoms with Gasteiger partial charge in [0.1, 0.15) is 5.82 Å². The van der Waals surface area contributed by atoms with Gasteiger partial charge in [-0.1, -0.05) is 48.5 Å². The average molecular weight is 251 g/mol. The van der Waals surface area contributed by atoms with E-state index in [1.807, 2.05) is 43.3 Å². The summed E-state index contributed by atoms with van der Waals surface area (Å²) in [5.41, 5.74) is 8.97. The van der Waals surface area contributed by atoms with E-state index in [4.69, 9.17) is 5.73 Å². The summed E-state index contributed by atoms with van der Waals surface area (Å²) in [6.45, 7) is 2.02. The molecule has 2 heteroatoms. The van der Waals surface area contributed by atoms with Crippen molar-refractivity contribution < 1.29 is 4.39 Å². The fraction of sp³-hybridized carbons (Fsp3) is 0.0588. The lowest BCUT2D eigenvalue weighted by Crippen LogP contribution is -1.96. The van der Waals surface area contributed by atoms with Crippen LogP contribution in [-0.2, 0) is 0 Å². The largest absolute Gasteiger partial charge is 0.396 e. The number of anilines is 1. The Labute approximate surface area is 111 Å². The molecule has 0 unspecified atom stereocenters. The summed E-state index contributed by atoms with van der Waals surface area (Å²) < 4.78 is 13.7.